The standard InChI is InChI=1S/C16H19FN4O/c1-9-3-4-11(7-13(9)17)10(2)19-16(22)15-12-8-18-6-5-14(12)20-21-15/h3-4,7,10,18H,5-6,8H2,1-2H3,(H,19,22)(H,20,21). The van der Waals surface area contributed by atoms with Crippen molar-refractivity contribution in [1.29, 1.82) is 0 Å². The first kappa shape index (κ1) is 14.7. The first-order valence-electron chi connectivity index (χ1n) is 7.40. The maximum absolute atomic E-state index is 13.6. The average molecular weight is 302 g/mol. The first-order valence-corrected chi connectivity index (χ1v) is 7.40. The summed E-state index contributed by atoms with van der Waals surface area (Å²) in [7, 11) is 0. The number of aryl methyl sites for hydroxylation is 1. The van der Waals surface area contributed by atoms with Gasteiger partial charge in [-0.2, -0.15) is 5.10 Å². The van der Waals surface area contributed by atoms with Crippen LogP contribution < -0.4 is 10.6 Å². The predicted octanol–water partition coefficient (Wildman–Crippen LogP) is 1.99. The fourth-order valence-corrected chi connectivity index (χ4v) is 2.64. The van der Waals surface area contributed by atoms with E-state index in [1.165, 1.54) is 6.07 Å². The topological polar surface area (TPSA) is 69.8 Å². The predicted molar refractivity (Wildman–Crippen MR) is 81.0 cm³/mol. The number of fused-ring (bicyclic) bond motifs is 1. The lowest BCUT2D eigenvalue weighted by Gasteiger charge is -2.16. The number of carbonyl (C=O) groups is 1. The van der Waals surface area contributed by atoms with Crippen LogP contribution in [0.15, 0.2) is 18.2 Å². The summed E-state index contributed by atoms with van der Waals surface area (Å²) in [5, 5.41) is 13.2. The van der Waals surface area contributed by atoms with Crippen LogP contribution in [0.2, 0.25) is 0 Å². The van der Waals surface area contributed by atoms with Crippen molar-refractivity contribution in [1.82, 2.24) is 20.8 Å². The Kier molecular flexibility index (Phi) is 3.94. The van der Waals surface area contributed by atoms with Gasteiger partial charge >= 0.3 is 0 Å². The van der Waals surface area contributed by atoms with Gasteiger partial charge < -0.3 is 10.6 Å². The monoisotopic (exact) mass is 302 g/mol. The zero-order chi connectivity index (χ0) is 15.7. The van der Waals surface area contributed by atoms with Crippen molar-refractivity contribution < 1.29 is 9.18 Å². The Bertz CT molecular complexity index is 710. The Balaban J connectivity index is 1.76. The van der Waals surface area contributed by atoms with Gasteiger partial charge in [-0.15, -0.1) is 0 Å². The second kappa shape index (κ2) is 5.88. The van der Waals surface area contributed by atoms with E-state index in [1.807, 2.05) is 13.0 Å². The van der Waals surface area contributed by atoms with Crippen molar-refractivity contribution in [3.8, 4) is 0 Å². The minimum atomic E-state index is -0.286. The zero-order valence-electron chi connectivity index (χ0n) is 12.7. The molecule has 3 N–H and O–H groups in total. The Morgan fingerprint density at radius 2 is 2.27 bits per heavy atom. The number of aromatic nitrogens is 2. The van der Waals surface area contributed by atoms with Crippen molar-refractivity contribution in [2.75, 3.05) is 6.54 Å². The molecule has 0 radical (unpaired) electrons. The van der Waals surface area contributed by atoms with Gasteiger partial charge in [-0.1, -0.05) is 12.1 Å². The number of carbonyl (C=O) groups excluding carboxylic acids is 1. The highest BCUT2D eigenvalue weighted by atomic mass is 19.1. The molecule has 0 saturated carbocycles. The van der Waals surface area contributed by atoms with E-state index in [0.717, 1.165) is 29.8 Å². The highest BCUT2D eigenvalue weighted by molar-refractivity contribution is 5.94. The molecule has 5 nitrogen and oxygen atoms in total. The van der Waals surface area contributed by atoms with Crippen LogP contribution in [0, 0.1) is 12.7 Å². The lowest BCUT2D eigenvalue weighted by Crippen LogP contribution is -2.30. The highest BCUT2D eigenvalue weighted by Gasteiger charge is 2.22. The molecule has 3 rings (SSSR count). The summed E-state index contributed by atoms with van der Waals surface area (Å²) < 4.78 is 13.6. The molecule has 0 spiro atoms. The summed E-state index contributed by atoms with van der Waals surface area (Å²) >= 11 is 0. The second-order valence-corrected chi connectivity index (χ2v) is 5.66. The van der Waals surface area contributed by atoms with Crippen LogP contribution in [-0.4, -0.2) is 22.6 Å². The SMILES string of the molecule is Cc1ccc(C(C)NC(=O)c2n[nH]c3c2CNCC3)cc1F. The number of hydrogen-bond donors (Lipinski definition) is 3. The Morgan fingerprint density at radius 1 is 1.45 bits per heavy atom. The van der Waals surface area contributed by atoms with Crippen LogP contribution in [0.1, 0.15) is 45.8 Å². The summed E-state index contributed by atoms with van der Waals surface area (Å²) in [5.41, 5.74) is 3.68. The van der Waals surface area contributed by atoms with E-state index in [2.05, 4.69) is 20.8 Å². The molecule has 1 amide bonds. The molecule has 0 fully saturated rings. The quantitative estimate of drug-likeness (QED) is 0.812. The van der Waals surface area contributed by atoms with E-state index < -0.39 is 0 Å². The van der Waals surface area contributed by atoms with Gasteiger partial charge in [0.05, 0.1) is 6.04 Å². The van der Waals surface area contributed by atoms with Crippen molar-refractivity contribution >= 4 is 5.91 Å². The summed E-state index contributed by atoms with van der Waals surface area (Å²) in [6.45, 7) is 5.07. The molecule has 2 aromatic rings. The zero-order valence-corrected chi connectivity index (χ0v) is 12.7. The summed E-state index contributed by atoms with van der Waals surface area (Å²) in [4.78, 5) is 12.4. The number of hydrogen-bond acceptors (Lipinski definition) is 3. The number of aromatic amines is 1. The first-order chi connectivity index (χ1) is 10.6. The Labute approximate surface area is 128 Å². The van der Waals surface area contributed by atoms with Gasteiger partial charge in [-0.25, -0.2) is 4.39 Å². The summed E-state index contributed by atoms with van der Waals surface area (Å²) in [6, 6.07) is 4.71. The van der Waals surface area contributed by atoms with Crippen LogP contribution in [0.4, 0.5) is 4.39 Å². The van der Waals surface area contributed by atoms with E-state index in [4.69, 9.17) is 0 Å². The van der Waals surface area contributed by atoms with Crippen LogP contribution >= 0.6 is 0 Å². The van der Waals surface area contributed by atoms with Gasteiger partial charge in [-0.3, -0.25) is 9.89 Å². The van der Waals surface area contributed by atoms with E-state index >= 15 is 0 Å². The van der Waals surface area contributed by atoms with Gasteiger partial charge in [0.2, 0.25) is 0 Å². The van der Waals surface area contributed by atoms with E-state index in [9.17, 15) is 9.18 Å². The summed E-state index contributed by atoms with van der Waals surface area (Å²) in [6.07, 6.45) is 0.842. The maximum atomic E-state index is 13.6. The van der Waals surface area contributed by atoms with Crippen molar-refractivity contribution in [3.05, 3.63) is 52.1 Å². The second-order valence-electron chi connectivity index (χ2n) is 5.66. The Hall–Kier alpha value is -2.21. The van der Waals surface area contributed by atoms with E-state index in [0.29, 0.717) is 17.8 Å². The molecule has 2 heterocycles. The fourth-order valence-electron chi connectivity index (χ4n) is 2.64. The molecule has 0 saturated heterocycles. The Morgan fingerprint density at radius 3 is 3.05 bits per heavy atom. The number of benzene rings is 1. The molecule has 1 aliphatic heterocycles. The smallest absolute Gasteiger partial charge is 0.272 e. The molecular formula is C16H19FN4O. The molecule has 0 aliphatic carbocycles. The van der Waals surface area contributed by atoms with E-state index in [-0.39, 0.29) is 17.8 Å². The molecule has 22 heavy (non-hydrogen) atoms. The van der Waals surface area contributed by atoms with Crippen LogP contribution in [0.3, 0.4) is 0 Å². The van der Waals surface area contributed by atoms with Crippen LogP contribution in [0.25, 0.3) is 0 Å². The fraction of sp³-hybridized carbons (Fsp3) is 0.375. The molecule has 1 unspecified atom stereocenters. The lowest BCUT2D eigenvalue weighted by atomic mass is 10.0. The molecule has 1 atom stereocenters. The number of rotatable bonds is 3. The van der Waals surface area contributed by atoms with Gasteiger partial charge in [0.15, 0.2) is 5.69 Å². The number of nitrogens with one attached hydrogen (secondary N) is 3. The van der Waals surface area contributed by atoms with Crippen LogP contribution in [0.5, 0.6) is 0 Å². The van der Waals surface area contributed by atoms with Gasteiger partial charge in [0, 0.05) is 30.8 Å². The molecule has 6 heteroatoms. The van der Waals surface area contributed by atoms with E-state index in [1.54, 1.807) is 13.0 Å². The normalized spacial score (nSPS) is 15.2. The third kappa shape index (κ3) is 2.74. The molecule has 116 valence electrons. The maximum Gasteiger partial charge on any atom is 0.272 e. The van der Waals surface area contributed by atoms with Crippen molar-refractivity contribution in [3.63, 3.8) is 0 Å². The molecule has 1 aliphatic rings. The lowest BCUT2D eigenvalue weighted by molar-refractivity contribution is 0.0933. The minimum Gasteiger partial charge on any atom is -0.344 e. The average Bonchev–Trinajstić information content (AvgIpc) is 2.94. The minimum absolute atomic E-state index is 0.241. The number of amides is 1. The molecule has 0 bridgehead atoms. The van der Waals surface area contributed by atoms with Gasteiger partial charge in [0.1, 0.15) is 5.82 Å². The number of H-pyrrole nitrogens is 1. The van der Waals surface area contributed by atoms with Crippen LogP contribution in [-0.2, 0) is 13.0 Å². The molecule has 1 aromatic carbocycles. The molecule has 1 aromatic heterocycles. The number of nitrogens with zero attached hydrogens (tertiary/aromatic N) is 1. The van der Waals surface area contributed by atoms with Crippen molar-refractivity contribution in [2.45, 2.75) is 32.9 Å². The van der Waals surface area contributed by atoms with Crippen molar-refractivity contribution in [2.24, 2.45) is 0 Å². The van der Waals surface area contributed by atoms with Gasteiger partial charge in [-0.05, 0) is 31.0 Å². The molecular weight excluding hydrogens is 283 g/mol. The van der Waals surface area contributed by atoms with Gasteiger partial charge in [0.25, 0.3) is 5.91 Å². The summed E-state index contributed by atoms with van der Waals surface area (Å²) in [5.74, 6) is -0.505. The highest BCUT2D eigenvalue weighted by Crippen LogP contribution is 2.19. The third-order valence-electron chi connectivity index (χ3n) is 4.06. The number of halogens is 1. The largest absolute Gasteiger partial charge is 0.344 e. The third-order valence-corrected chi connectivity index (χ3v) is 4.06.